The van der Waals surface area contributed by atoms with Gasteiger partial charge < -0.3 is 14.6 Å². The zero-order valence-corrected chi connectivity index (χ0v) is 17.2. The average Bonchev–Trinajstić information content (AvgIpc) is 3.10. The number of carbonyl (C=O) groups is 1. The van der Waals surface area contributed by atoms with Crippen molar-refractivity contribution in [2.45, 2.75) is 24.0 Å². The van der Waals surface area contributed by atoms with Crippen molar-refractivity contribution in [1.29, 1.82) is 0 Å². The van der Waals surface area contributed by atoms with E-state index in [1.807, 2.05) is 13.0 Å². The Labute approximate surface area is 174 Å². The molecule has 0 fully saturated rings. The van der Waals surface area contributed by atoms with Gasteiger partial charge in [-0.05, 0) is 52.8 Å². The Kier molecular flexibility index (Phi) is 5.49. The SMILES string of the molecule is COc1cc(OCC(=O)O)c(C)cc1SCc1cccc2c1Cc1ccccc1-2. The van der Waals surface area contributed by atoms with Crippen molar-refractivity contribution in [1.82, 2.24) is 0 Å². The molecule has 29 heavy (non-hydrogen) atoms. The second kappa shape index (κ2) is 8.21. The first kappa shape index (κ1) is 19.4. The van der Waals surface area contributed by atoms with Crippen LogP contribution in [0.15, 0.2) is 59.5 Å². The van der Waals surface area contributed by atoms with Gasteiger partial charge in [0.2, 0.25) is 0 Å². The van der Waals surface area contributed by atoms with Gasteiger partial charge in [0.1, 0.15) is 11.5 Å². The zero-order chi connectivity index (χ0) is 20.4. The second-order valence-corrected chi connectivity index (χ2v) is 8.03. The number of rotatable bonds is 7. The molecular formula is C24H22O4S. The van der Waals surface area contributed by atoms with E-state index in [1.165, 1.54) is 27.8 Å². The summed E-state index contributed by atoms with van der Waals surface area (Å²) in [7, 11) is 1.62. The third-order valence-electron chi connectivity index (χ3n) is 5.14. The fraction of sp³-hybridized carbons (Fsp3) is 0.208. The number of aryl methyl sites for hydroxylation is 1. The highest BCUT2D eigenvalue weighted by Crippen LogP contribution is 2.41. The van der Waals surface area contributed by atoms with Crippen LogP contribution in [-0.2, 0) is 17.0 Å². The van der Waals surface area contributed by atoms with E-state index in [4.69, 9.17) is 14.6 Å². The second-order valence-electron chi connectivity index (χ2n) is 7.02. The molecule has 1 N–H and O–H groups in total. The van der Waals surface area contributed by atoms with Crippen LogP contribution in [-0.4, -0.2) is 24.8 Å². The number of benzene rings is 3. The molecule has 0 bridgehead atoms. The van der Waals surface area contributed by atoms with Crippen molar-refractivity contribution in [3.05, 3.63) is 76.9 Å². The lowest BCUT2D eigenvalue weighted by Gasteiger charge is -2.14. The molecule has 0 saturated heterocycles. The van der Waals surface area contributed by atoms with Gasteiger partial charge in [-0.15, -0.1) is 11.8 Å². The predicted molar refractivity (Wildman–Crippen MR) is 115 cm³/mol. The van der Waals surface area contributed by atoms with Crippen molar-refractivity contribution in [3.63, 3.8) is 0 Å². The van der Waals surface area contributed by atoms with Gasteiger partial charge in [-0.2, -0.15) is 0 Å². The van der Waals surface area contributed by atoms with Gasteiger partial charge >= 0.3 is 5.97 Å². The van der Waals surface area contributed by atoms with Gasteiger partial charge in [0.15, 0.2) is 6.61 Å². The zero-order valence-electron chi connectivity index (χ0n) is 16.4. The highest BCUT2D eigenvalue weighted by molar-refractivity contribution is 7.98. The number of carboxylic acid groups (broad SMARTS) is 1. The van der Waals surface area contributed by atoms with Crippen LogP contribution in [0, 0.1) is 6.92 Å². The molecule has 0 amide bonds. The van der Waals surface area contributed by atoms with Gasteiger partial charge in [0, 0.05) is 11.8 Å². The predicted octanol–water partition coefficient (Wildman–Crippen LogP) is 5.33. The molecule has 0 spiro atoms. The molecule has 0 unspecified atom stereocenters. The van der Waals surface area contributed by atoms with E-state index in [-0.39, 0.29) is 6.61 Å². The number of ether oxygens (including phenoxy) is 2. The normalized spacial score (nSPS) is 11.7. The maximum absolute atomic E-state index is 10.8. The first-order valence-electron chi connectivity index (χ1n) is 9.42. The third kappa shape index (κ3) is 3.96. The molecule has 0 heterocycles. The Hall–Kier alpha value is -2.92. The van der Waals surface area contributed by atoms with Gasteiger partial charge in [-0.3, -0.25) is 0 Å². The molecule has 1 aliphatic rings. The molecule has 4 nitrogen and oxygen atoms in total. The van der Waals surface area contributed by atoms with Gasteiger partial charge in [-0.1, -0.05) is 42.5 Å². The quantitative estimate of drug-likeness (QED) is 0.420. The number of thioether (sulfide) groups is 1. The van der Waals surface area contributed by atoms with E-state index < -0.39 is 5.97 Å². The third-order valence-corrected chi connectivity index (χ3v) is 6.23. The van der Waals surface area contributed by atoms with Crippen molar-refractivity contribution < 1.29 is 19.4 Å². The molecule has 3 aromatic carbocycles. The first-order chi connectivity index (χ1) is 14.1. The maximum atomic E-state index is 10.8. The number of methoxy groups -OCH3 is 1. The summed E-state index contributed by atoms with van der Waals surface area (Å²) in [5.74, 6) is 1.06. The highest BCUT2D eigenvalue weighted by Gasteiger charge is 2.20. The molecule has 148 valence electrons. The lowest BCUT2D eigenvalue weighted by atomic mass is 10.0. The van der Waals surface area contributed by atoms with Crippen LogP contribution in [0.5, 0.6) is 11.5 Å². The minimum atomic E-state index is -0.999. The monoisotopic (exact) mass is 406 g/mol. The van der Waals surface area contributed by atoms with Gasteiger partial charge in [0.05, 0.1) is 12.0 Å². The molecular weight excluding hydrogens is 384 g/mol. The largest absolute Gasteiger partial charge is 0.495 e. The average molecular weight is 407 g/mol. The van der Waals surface area contributed by atoms with Crippen LogP contribution < -0.4 is 9.47 Å². The summed E-state index contributed by atoms with van der Waals surface area (Å²) in [6, 6.07) is 18.9. The summed E-state index contributed by atoms with van der Waals surface area (Å²) in [5.41, 5.74) is 7.67. The summed E-state index contributed by atoms with van der Waals surface area (Å²) in [5, 5.41) is 8.84. The maximum Gasteiger partial charge on any atom is 0.341 e. The standard InChI is InChI=1S/C24H22O4S/c1-15-10-23(22(27-2)12-21(15)28-13-24(25)26)29-14-17-7-5-9-19-18-8-4-3-6-16(18)11-20(17)19/h3-10,12H,11,13-14H2,1-2H3,(H,25,26). The lowest BCUT2D eigenvalue weighted by molar-refractivity contribution is -0.139. The summed E-state index contributed by atoms with van der Waals surface area (Å²) in [6.45, 7) is 1.55. The number of carboxylic acids is 1. The smallest absolute Gasteiger partial charge is 0.341 e. The Morgan fingerprint density at radius 2 is 1.86 bits per heavy atom. The fourth-order valence-electron chi connectivity index (χ4n) is 3.72. The fourth-order valence-corrected chi connectivity index (χ4v) is 4.85. The van der Waals surface area contributed by atoms with Crippen LogP contribution in [0.2, 0.25) is 0 Å². The lowest BCUT2D eigenvalue weighted by Crippen LogP contribution is -2.10. The Morgan fingerprint density at radius 3 is 2.66 bits per heavy atom. The molecule has 0 atom stereocenters. The van der Waals surface area contributed by atoms with Crippen molar-refractivity contribution in [2.24, 2.45) is 0 Å². The Bertz CT molecular complexity index is 1070. The van der Waals surface area contributed by atoms with Crippen LogP contribution in [0.1, 0.15) is 22.3 Å². The van der Waals surface area contributed by atoms with Crippen LogP contribution in [0.25, 0.3) is 11.1 Å². The molecule has 0 aromatic heterocycles. The topological polar surface area (TPSA) is 55.8 Å². The molecule has 1 aliphatic carbocycles. The number of hydrogen-bond donors (Lipinski definition) is 1. The highest BCUT2D eigenvalue weighted by atomic mass is 32.2. The molecule has 0 saturated carbocycles. The van der Waals surface area contributed by atoms with Gasteiger partial charge in [0.25, 0.3) is 0 Å². The van der Waals surface area contributed by atoms with E-state index in [0.29, 0.717) is 11.5 Å². The number of fused-ring (bicyclic) bond motifs is 3. The molecule has 0 radical (unpaired) electrons. The van der Waals surface area contributed by atoms with Crippen LogP contribution in [0.3, 0.4) is 0 Å². The molecule has 0 aliphatic heterocycles. The first-order valence-corrected chi connectivity index (χ1v) is 10.4. The minimum Gasteiger partial charge on any atom is -0.495 e. The number of aliphatic carboxylic acids is 1. The van der Waals surface area contributed by atoms with Crippen molar-refractivity contribution in [3.8, 4) is 22.6 Å². The van der Waals surface area contributed by atoms with E-state index in [9.17, 15) is 4.79 Å². The minimum absolute atomic E-state index is 0.368. The summed E-state index contributed by atoms with van der Waals surface area (Å²) < 4.78 is 10.9. The van der Waals surface area contributed by atoms with Gasteiger partial charge in [-0.25, -0.2) is 4.79 Å². The van der Waals surface area contributed by atoms with E-state index in [2.05, 4.69) is 42.5 Å². The summed E-state index contributed by atoms with van der Waals surface area (Å²) in [4.78, 5) is 11.8. The summed E-state index contributed by atoms with van der Waals surface area (Å²) >= 11 is 1.72. The van der Waals surface area contributed by atoms with E-state index >= 15 is 0 Å². The van der Waals surface area contributed by atoms with E-state index in [1.54, 1.807) is 24.9 Å². The molecule has 3 aromatic rings. The van der Waals surface area contributed by atoms with Crippen LogP contribution in [0.4, 0.5) is 0 Å². The van der Waals surface area contributed by atoms with Crippen LogP contribution >= 0.6 is 11.8 Å². The van der Waals surface area contributed by atoms with Crippen molar-refractivity contribution >= 4 is 17.7 Å². The molecule has 4 rings (SSSR count). The van der Waals surface area contributed by atoms with E-state index in [0.717, 1.165) is 22.6 Å². The summed E-state index contributed by atoms with van der Waals surface area (Å²) in [6.07, 6.45) is 0.973. The number of hydrogen-bond acceptors (Lipinski definition) is 4. The molecule has 5 heteroatoms. The Morgan fingerprint density at radius 1 is 1.07 bits per heavy atom. The van der Waals surface area contributed by atoms with Crippen molar-refractivity contribution in [2.75, 3.05) is 13.7 Å². The Balaban J connectivity index is 1.56.